The number of carboxylic acids is 2. The fourth-order valence-electron chi connectivity index (χ4n) is 1.22. The topological polar surface area (TPSA) is 130 Å². The summed E-state index contributed by atoms with van der Waals surface area (Å²) in [6.07, 6.45) is -0.499. The van der Waals surface area contributed by atoms with E-state index in [0.717, 1.165) is 11.3 Å². The Hall–Kier alpha value is -2.09. The Morgan fingerprint density at radius 2 is 2.06 bits per heavy atom. The van der Waals surface area contributed by atoms with E-state index in [-0.39, 0.29) is 17.7 Å². The van der Waals surface area contributed by atoms with Crippen LogP contribution in [0.2, 0.25) is 0 Å². The number of carbonyl (C=O) groups excluding carboxylic acids is 1. The molecule has 0 aromatic carbocycles. The summed E-state index contributed by atoms with van der Waals surface area (Å²) in [5.41, 5.74) is 5.86. The Labute approximate surface area is 106 Å². The molecule has 0 saturated carbocycles. The molecule has 98 valence electrons. The quantitative estimate of drug-likeness (QED) is 0.592. The maximum atomic E-state index is 11.7. The van der Waals surface area contributed by atoms with Crippen LogP contribution in [0.3, 0.4) is 0 Å². The second-order valence-corrected chi connectivity index (χ2v) is 4.45. The Morgan fingerprint density at radius 3 is 2.50 bits per heavy atom. The molecule has 1 aromatic heterocycles. The third-order valence-electron chi connectivity index (χ3n) is 2.09. The molecular weight excluding hydrogens is 260 g/mol. The summed E-state index contributed by atoms with van der Waals surface area (Å²) in [6.45, 7) is 0. The van der Waals surface area contributed by atoms with Crippen LogP contribution in [0.5, 0.6) is 0 Å². The first-order chi connectivity index (χ1) is 8.40. The van der Waals surface area contributed by atoms with Gasteiger partial charge in [0, 0.05) is 17.5 Å². The molecule has 0 radical (unpaired) electrons. The first-order valence-corrected chi connectivity index (χ1v) is 5.87. The molecule has 1 rings (SSSR count). The molecule has 0 aliphatic rings. The van der Waals surface area contributed by atoms with Crippen LogP contribution < -0.4 is 11.1 Å². The third-order valence-corrected chi connectivity index (χ3v) is 3.04. The van der Waals surface area contributed by atoms with Crippen molar-refractivity contribution >= 4 is 34.9 Å². The molecule has 0 aliphatic carbocycles. The standard InChI is InChI=1S/C10H12N2O5S/c11-5-3-7(18-4-5)9(15)12-6(10(16)17)1-2-8(13)14/h3-4,6H,1-2,11H2,(H,12,15)(H,13,14)(H,16,17)/t6-/m0/s1. The summed E-state index contributed by atoms with van der Waals surface area (Å²) in [6, 6.07) is 0.202. The molecule has 0 bridgehead atoms. The van der Waals surface area contributed by atoms with Gasteiger partial charge in [0.15, 0.2) is 0 Å². The van der Waals surface area contributed by atoms with Crippen molar-refractivity contribution in [2.45, 2.75) is 18.9 Å². The van der Waals surface area contributed by atoms with Crippen LogP contribution in [-0.4, -0.2) is 34.1 Å². The average molecular weight is 272 g/mol. The van der Waals surface area contributed by atoms with Gasteiger partial charge in [-0.3, -0.25) is 9.59 Å². The minimum atomic E-state index is -1.27. The highest BCUT2D eigenvalue weighted by molar-refractivity contribution is 7.12. The van der Waals surface area contributed by atoms with Crippen molar-refractivity contribution < 1.29 is 24.6 Å². The van der Waals surface area contributed by atoms with Gasteiger partial charge in [0.1, 0.15) is 6.04 Å². The number of carboxylic acid groups (broad SMARTS) is 2. The largest absolute Gasteiger partial charge is 0.481 e. The van der Waals surface area contributed by atoms with Gasteiger partial charge in [-0.15, -0.1) is 11.3 Å². The van der Waals surface area contributed by atoms with Gasteiger partial charge in [-0.1, -0.05) is 0 Å². The Kier molecular flexibility index (Phi) is 4.67. The highest BCUT2D eigenvalue weighted by atomic mass is 32.1. The second kappa shape index (κ2) is 6.01. The summed E-state index contributed by atoms with van der Waals surface area (Å²) in [5.74, 6) is -2.96. The molecule has 5 N–H and O–H groups in total. The van der Waals surface area contributed by atoms with Crippen LogP contribution in [0.15, 0.2) is 11.4 Å². The number of carbonyl (C=O) groups is 3. The number of thiophene rings is 1. The van der Waals surface area contributed by atoms with E-state index in [1.807, 2.05) is 0 Å². The van der Waals surface area contributed by atoms with Crippen molar-refractivity contribution in [3.8, 4) is 0 Å². The van der Waals surface area contributed by atoms with Crippen LogP contribution >= 0.6 is 11.3 Å². The average Bonchev–Trinajstić information content (AvgIpc) is 2.70. The van der Waals surface area contributed by atoms with Gasteiger partial charge in [0.25, 0.3) is 5.91 Å². The molecule has 1 aromatic rings. The van der Waals surface area contributed by atoms with Gasteiger partial charge < -0.3 is 21.3 Å². The van der Waals surface area contributed by atoms with Crippen LogP contribution in [-0.2, 0) is 9.59 Å². The van der Waals surface area contributed by atoms with Crippen molar-refractivity contribution in [3.05, 3.63) is 16.3 Å². The number of nitrogen functional groups attached to an aromatic ring is 1. The summed E-state index contributed by atoms with van der Waals surface area (Å²) in [4.78, 5) is 33.2. The third kappa shape index (κ3) is 4.06. The van der Waals surface area contributed by atoms with Gasteiger partial charge >= 0.3 is 11.9 Å². The zero-order valence-corrected chi connectivity index (χ0v) is 10.1. The number of amides is 1. The molecule has 18 heavy (non-hydrogen) atoms. The summed E-state index contributed by atoms with van der Waals surface area (Å²) >= 11 is 1.09. The van der Waals surface area contributed by atoms with Gasteiger partial charge in [-0.25, -0.2) is 4.79 Å². The van der Waals surface area contributed by atoms with Crippen molar-refractivity contribution in [2.75, 3.05) is 5.73 Å². The Morgan fingerprint density at radius 1 is 1.39 bits per heavy atom. The van der Waals surface area contributed by atoms with Gasteiger partial charge in [-0.2, -0.15) is 0 Å². The Bertz CT molecular complexity index is 471. The van der Waals surface area contributed by atoms with Crippen molar-refractivity contribution in [2.24, 2.45) is 0 Å². The van der Waals surface area contributed by atoms with Gasteiger partial charge in [-0.05, 0) is 12.5 Å². The maximum absolute atomic E-state index is 11.7. The lowest BCUT2D eigenvalue weighted by Crippen LogP contribution is -2.40. The van der Waals surface area contributed by atoms with Crippen molar-refractivity contribution in [1.82, 2.24) is 5.32 Å². The summed E-state index contributed by atoms with van der Waals surface area (Å²) in [7, 11) is 0. The van der Waals surface area contributed by atoms with E-state index in [1.54, 1.807) is 5.38 Å². The normalized spacial score (nSPS) is 11.8. The lowest BCUT2D eigenvalue weighted by molar-refractivity contribution is -0.140. The molecule has 0 saturated heterocycles. The molecule has 0 aliphatic heterocycles. The van der Waals surface area contributed by atoms with Crippen LogP contribution in [0.4, 0.5) is 5.69 Å². The molecule has 1 heterocycles. The number of hydrogen-bond acceptors (Lipinski definition) is 5. The van der Waals surface area contributed by atoms with E-state index in [0.29, 0.717) is 5.69 Å². The fourth-order valence-corrected chi connectivity index (χ4v) is 1.93. The van der Waals surface area contributed by atoms with Gasteiger partial charge in [0.05, 0.1) is 4.88 Å². The zero-order chi connectivity index (χ0) is 13.7. The summed E-state index contributed by atoms with van der Waals surface area (Å²) in [5, 5.41) is 21.1. The van der Waals surface area contributed by atoms with Crippen molar-refractivity contribution in [3.63, 3.8) is 0 Å². The molecule has 0 unspecified atom stereocenters. The van der Waals surface area contributed by atoms with Crippen LogP contribution in [0, 0.1) is 0 Å². The number of anilines is 1. The second-order valence-electron chi connectivity index (χ2n) is 3.54. The SMILES string of the molecule is Nc1csc(C(=O)N[C@@H](CCC(=O)O)C(=O)O)c1. The fraction of sp³-hybridized carbons (Fsp3) is 0.300. The number of nitrogens with one attached hydrogen (secondary N) is 1. The minimum absolute atomic E-state index is 0.169. The van der Waals surface area contributed by atoms with E-state index in [2.05, 4.69) is 5.32 Å². The zero-order valence-electron chi connectivity index (χ0n) is 9.25. The van der Waals surface area contributed by atoms with Crippen LogP contribution in [0.1, 0.15) is 22.5 Å². The smallest absolute Gasteiger partial charge is 0.326 e. The molecule has 1 amide bonds. The lowest BCUT2D eigenvalue weighted by Gasteiger charge is -2.12. The van der Waals surface area contributed by atoms with E-state index < -0.39 is 23.9 Å². The van der Waals surface area contributed by atoms with Gasteiger partial charge in [0.2, 0.25) is 0 Å². The minimum Gasteiger partial charge on any atom is -0.481 e. The number of nitrogens with two attached hydrogens (primary N) is 1. The molecule has 7 nitrogen and oxygen atoms in total. The predicted octanol–water partition coefficient (Wildman–Crippen LogP) is 0.378. The molecular formula is C10H12N2O5S. The molecule has 0 spiro atoms. The van der Waals surface area contributed by atoms with E-state index >= 15 is 0 Å². The van der Waals surface area contributed by atoms with E-state index in [1.165, 1.54) is 6.07 Å². The predicted molar refractivity (Wildman–Crippen MR) is 64.5 cm³/mol. The lowest BCUT2D eigenvalue weighted by atomic mass is 10.1. The number of aliphatic carboxylic acids is 2. The first-order valence-electron chi connectivity index (χ1n) is 4.99. The van der Waals surface area contributed by atoms with E-state index in [4.69, 9.17) is 15.9 Å². The first kappa shape index (κ1) is 14.0. The highest BCUT2D eigenvalue weighted by Gasteiger charge is 2.22. The Balaban J connectivity index is 2.63. The summed E-state index contributed by atoms with van der Waals surface area (Å²) < 4.78 is 0. The maximum Gasteiger partial charge on any atom is 0.326 e. The number of rotatable bonds is 6. The molecule has 8 heteroatoms. The van der Waals surface area contributed by atoms with Crippen LogP contribution in [0.25, 0.3) is 0 Å². The number of hydrogen-bond donors (Lipinski definition) is 4. The van der Waals surface area contributed by atoms with E-state index in [9.17, 15) is 14.4 Å². The highest BCUT2D eigenvalue weighted by Crippen LogP contribution is 2.16. The molecule has 1 atom stereocenters. The van der Waals surface area contributed by atoms with Crippen molar-refractivity contribution in [1.29, 1.82) is 0 Å². The molecule has 0 fully saturated rings. The monoisotopic (exact) mass is 272 g/mol.